The molecule has 2 amide bonds. The zero-order valence-corrected chi connectivity index (χ0v) is 20.4. The number of hydrogen-bond donors (Lipinski definition) is 2. The van der Waals surface area contributed by atoms with E-state index in [1.54, 1.807) is 12.1 Å². The molecule has 2 heterocycles. The highest BCUT2D eigenvalue weighted by molar-refractivity contribution is 14.0. The number of aromatic nitrogens is 1. The lowest BCUT2D eigenvalue weighted by atomic mass is 9.85. The van der Waals surface area contributed by atoms with E-state index in [0.29, 0.717) is 49.6 Å². The first-order valence-electron chi connectivity index (χ1n) is 10.4. The maximum absolute atomic E-state index is 12.7. The fourth-order valence-corrected chi connectivity index (χ4v) is 4.67. The predicted molar refractivity (Wildman–Crippen MR) is 129 cm³/mol. The maximum Gasteiger partial charge on any atom is 0.233 e. The predicted octanol–water partition coefficient (Wildman–Crippen LogP) is 2.09. The number of hydrogen-bond acceptors (Lipinski definition) is 5. The van der Waals surface area contributed by atoms with E-state index in [-0.39, 0.29) is 59.5 Å². The lowest BCUT2D eigenvalue weighted by Crippen LogP contribution is -2.40. The van der Waals surface area contributed by atoms with Gasteiger partial charge in [-0.05, 0) is 31.2 Å². The Morgan fingerprint density at radius 2 is 1.94 bits per heavy atom. The molecule has 0 spiro atoms. The number of carbonyl (C=O) groups is 2. The third kappa shape index (κ3) is 5.14. The number of carbonyl (C=O) groups excluding carboxylic acids is 2. The van der Waals surface area contributed by atoms with Crippen molar-refractivity contribution in [1.29, 1.82) is 0 Å². The second-order valence-electron chi connectivity index (χ2n) is 7.68. The fourth-order valence-electron chi connectivity index (χ4n) is 4.56. The van der Waals surface area contributed by atoms with Crippen LogP contribution in [0.3, 0.4) is 0 Å². The molecule has 8 nitrogen and oxygen atoms in total. The standard InChI is InChI=1S/C21H26ClN5O3.HI/c1-2-23-21(25-8-10-30-16-6-5-15(22)12-26-16)24-7-9-27-19(28)17-13-3-4-14(11-13)18(17)20(27)29;/h3-6,12-14,17-18H,2,7-11H2,1H3,(H2,23,24,25);1H. The smallest absolute Gasteiger partial charge is 0.233 e. The van der Waals surface area contributed by atoms with E-state index in [1.165, 1.54) is 11.1 Å². The number of nitrogens with zero attached hydrogens (tertiary/aromatic N) is 3. The van der Waals surface area contributed by atoms with Gasteiger partial charge in [0.2, 0.25) is 17.7 Å². The van der Waals surface area contributed by atoms with Crippen molar-refractivity contribution in [1.82, 2.24) is 20.5 Å². The van der Waals surface area contributed by atoms with Gasteiger partial charge in [-0.3, -0.25) is 19.5 Å². The van der Waals surface area contributed by atoms with E-state index < -0.39 is 0 Å². The number of pyridine rings is 1. The minimum Gasteiger partial charge on any atom is -0.476 e. The number of allylic oxidation sites excluding steroid dienone is 2. The highest BCUT2D eigenvalue weighted by Crippen LogP contribution is 2.52. The molecule has 1 aromatic heterocycles. The van der Waals surface area contributed by atoms with E-state index in [2.05, 4.69) is 32.8 Å². The first kappa shape index (κ1) is 23.8. The van der Waals surface area contributed by atoms with Crippen LogP contribution in [0.1, 0.15) is 13.3 Å². The van der Waals surface area contributed by atoms with Crippen molar-refractivity contribution < 1.29 is 14.3 Å². The molecule has 3 aliphatic rings. The van der Waals surface area contributed by atoms with Gasteiger partial charge in [-0.15, -0.1) is 24.0 Å². The molecule has 2 bridgehead atoms. The molecule has 1 aromatic rings. The second kappa shape index (κ2) is 10.6. The summed E-state index contributed by atoms with van der Waals surface area (Å²) in [6.45, 7) is 4.27. The molecule has 4 unspecified atom stereocenters. The average molecular weight is 560 g/mol. The van der Waals surface area contributed by atoms with Crippen LogP contribution < -0.4 is 15.4 Å². The second-order valence-corrected chi connectivity index (χ2v) is 8.11. The maximum atomic E-state index is 12.7. The highest BCUT2D eigenvalue weighted by atomic mass is 127. The Morgan fingerprint density at radius 1 is 1.23 bits per heavy atom. The van der Waals surface area contributed by atoms with Gasteiger partial charge in [-0.25, -0.2) is 4.98 Å². The summed E-state index contributed by atoms with van der Waals surface area (Å²) in [7, 11) is 0. The molecule has 1 saturated carbocycles. The number of likely N-dealkylation sites (tertiary alicyclic amines) is 1. The van der Waals surface area contributed by atoms with Crippen LogP contribution >= 0.6 is 35.6 Å². The minimum atomic E-state index is -0.151. The minimum absolute atomic E-state index is 0. The number of aliphatic imine (C=N–C) groups is 1. The van der Waals surface area contributed by atoms with Gasteiger partial charge in [0.05, 0.1) is 29.9 Å². The van der Waals surface area contributed by atoms with Crippen LogP contribution in [0.2, 0.25) is 5.02 Å². The molecular weight excluding hydrogens is 533 g/mol. The molecule has 2 fully saturated rings. The Kier molecular flexibility index (Phi) is 8.15. The normalized spacial score (nSPS) is 26.1. The summed E-state index contributed by atoms with van der Waals surface area (Å²) in [5.74, 6) is 1.23. The molecule has 1 aliphatic heterocycles. The van der Waals surface area contributed by atoms with Crippen molar-refractivity contribution in [2.75, 3.05) is 32.8 Å². The summed E-state index contributed by atoms with van der Waals surface area (Å²) in [6.07, 6.45) is 6.69. The first-order valence-corrected chi connectivity index (χ1v) is 10.8. The van der Waals surface area contributed by atoms with Gasteiger partial charge in [-0.1, -0.05) is 23.8 Å². The number of guanidine groups is 1. The molecule has 1 saturated heterocycles. The molecule has 4 rings (SSSR count). The summed E-state index contributed by atoms with van der Waals surface area (Å²) >= 11 is 5.80. The summed E-state index contributed by atoms with van der Waals surface area (Å²) in [4.78, 5) is 35.4. The molecular formula is C21H27ClIN5O3. The summed E-state index contributed by atoms with van der Waals surface area (Å²) in [6, 6.07) is 3.43. The summed E-state index contributed by atoms with van der Waals surface area (Å²) in [5.41, 5.74) is 0. The van der Waals surface area contributed by atoms with E-state index in [1.807, 2.05) is 6.92 Å². The van der Waals surface area contributed by atoms with Gasteiger partial charge in [0, 0.05) is 25.4 Å². The Balaban J connectivity index is 0.00000272. The van der Waals surface area contributed by atoms with Crippen molar-refractivity contribution >= 4 is 53.4 Å². The van der Waals surface area contributed by atoms with Crippen molar-refractivity contribution in [3.63, 3.8) is 0 Å². The molecule has 2 aliphatic carbocycles. The number of imide groups is 1. The third-order valence-corrected chi connectivity index (χ3v) is 6.07. The molecule has 2 N–H and O–H groups in total. The Labute approximate surface area is 203 Å². The Bertz CT molecular complexity index is 833. The van der Waals surface area contributed by atoms with Crippen LogP contribution in [0.4, 0.5) is 0 Å². The molecule has 31 heavy (non-hydrogen) atoms. The number of ether oxygens (including phenoxy) is 1. The lowest BCUT2D eigenvalue weighted by molar-refractivity contribution is -0.140. The van der Waals surface area contributed by atoms with Crippen LogP contribution in [0, 0.1) is 23.7 Å². The first-order chi connectivity index (χ1) is 14.6. The van der Waals surface area contributed by atoms with Gasteiger partial charge in [-0.2, -0.15) is 0 Å². The molecule has 0 radical (unpaired) electrons. The average Bonchev–Trinajstić information content (AvgIpc) is 3.42. The van der Waals surface area contributed by atoms with E-state index in [0.717, 1.165) is 6.42 Å². The van der Waals surface area contributed by atoms with Crippen molar-refractivity contribution in [2.45, 2.75) is 13.3 Å². The van der Waals surface area contributed by atoms with E-state index in [4.69, 9.17) is 16.3 Å². The number of fused-ring (bicyclic) bond motifs is 5. The van der Waals surface area contributed by atoms with Crippen LogP contribution in [-0.2, 0) is 9.59 Å². The topological polar surface area (TPSA) is 95.9 Å². The molecule has 4 atom stereocenters. The highest BCUT2D eigenvalue weighted by Gasteiger charge is 2.58. The number of amides is 2. The van der Waals surface area contributed by atoms with E-state index >= 15 is 0 Å². The summed E-state index contributed by atoms with van der Waals surface area (Å²) in [5, 5.41) is 6.89. The zero-order valence-electron chi connectivity index (χ0n) is 17.3. The van der Waals surface area contributed by atoms with Crippen LogP contribution in [0.5, 0.6) is 5.88 Å². The van der Waals surface area contributed by atoms with Crippen LogP contribution in [0.25, 0.3) is 0 Å². The van der Waals surface area contributed by atoms with Gasteiger partial charge in [0.15, 0.2) is 5.96 Å². The van der Waals surface area contributed by atoms with Gasteiger partial charge >= 0.3 is 0 Å². The largest absolute Gasteiger partial charge is 0.476 e. The number of halogens is 2. The van der Waals surface area contributed by atoms with Gasteiger partial charge in [0.1, 0.15) is 6.61 Å². The zero-order chi connectivity index (χ0) is 21.1. The molecule has 168 valence electrons. The third-order valence-electron chi connectivity index (χ3n) is 5.84. The van der Waals surface area contributed by atoms with Crippen LogP contribution in [0.15, 0.2) is 35.5 Å². The Hall–Kier alpha value is -1.88. The SMILES string of the molecule is CCNC(=NCCN1C(=O)C2C3C=CC(C3)C2C1=O)NCCOc1ccc(Cl)cn1.I. The monoisotopic (exact) mass is 559 g/mol. The van der Waals surface area contributed by atoms with Crippen molar-refractivity contribution in [3.8, 4) is 5.88 Å². The van der Waals surface area contributed by atoms with E-state index in [9.17, 15) is 9.59 Å². The van der Waals surface area contributed by atoms with Crippen LogP contribution in [-0.4, -0.2) is 60.4 Å². The summed E-state index contributed by atoms with van der Waals surface area (Å²) < 4.78 is 5.55. The van der Waals surface area contributed by atoms with Crippen molar-refractivity contribution in [2.24, 2.45) is 28.7 Å². The molecule has 10 heteroatoms. The van der Waals surface area contributed by atoms with Crippen molar-refractivity contribution in [3.05, 3.63) is 35.5 Å². The Morgan fingerprint density at radius 3 is 2.55 bits per heavy atom. The van der Waals surface area contributed by atoms with Gasteiger partial charge < -0.3 is 15.4 Å². The van der Waals surface area contributed by atoms with Gasteiger partial charge in [0.25, 0.3) is 0 Å². The lowest BCUT2D eigenvalue weighted by Gasteiger charge is -2.17. The molecule has 0 aromatic carbocycles. The number of rotatable bonds is 8. The quantitative estimate of drug-likeness (QED) is 0.127. The fraction of sp³-hybridized carbons (Fsp3) is 0.524. The number of nitrogens with one attached hydrogen (secondary N) is 2.